The van der Waals surface area contributed by atoms with Crippen LogP contribution in [0.1, 0.15) is 41.6 Å². The van der Waals surface area contributed by atoms with Crippen LogP contribution in [0.25, 0.3) is 0 Å². The van der Waals surface area contributed by atoms with Crippen LogP contribution in [0, 0.1) is 6.92 Å². The largest absolute Gasteiger partial charge is 0.478 e. The molecule has 4 nitrogen and oxygen atoms in total. The Kier molecular flexibility index (Phi) is 4.80. The van der Waals surface area contributed by atoms with E-state index >= 15 is 0 Å². The third-order valence-electron chi connectivity index (χ3n) is 3.48. The molecule has 0 atom stereocenters. The van der Waals surface area contributed by atoms with E-state index in [0.717, 1.165) is 18.4 Å². The number of ether oxygens (including phenoxy) is 1. The summed E-state index contributed by atoms with van der Waals surface area (Å²) in [6, 6.07) is 5.41. The lowest BCUT2D eigenvalue weighted by atomic mass is 10.1. The number of anilines is 1. The predicted octanol–water partition coefficient (Wildman–Crippen LogP) is 3.06. The molecule has 4 heteroatoms. The Morgan fingerprint density at radius 2 is 2.16 bits per heavy atom. The Balaban J connectivity index is 1.83. The Bertz CT molecular complexity index is 439. The number of hydrogen-bond acceptors (Lipinski definition) is 3. The Morgan fingerprint density at radius 3 is 2.84 bits per heavy atom. The first-order chi connectivity index (χ1) is 9.16. The molecule has 1 saturated carbocycles. The molecule has 0 heterocycles. The summed E-state index contributed by atoms with van der Waals surface area (Å²) in [6.45, 7) is 3.15. The van der Waals surface area contributed by atoms with Gasteiger partial charge < -0.3 is 15.2 Å². The van der Waals surface area contributed by atoms with Gasteiger partial charge in [0, 0.05) is 12.2 Å². The van der Waals surface area contributed by atoms with Gasteiger partial charge in [0.1, 0.15) is 0 Å². The van der Waals surface area contributed by atoms with E-state index < -0.39 is 5.97 Å². The maximum absolute atomic E-state index is 11.1. The summed E-state index contributed by atoms with van der Waals surface area (Å²) in [5.74, 6) is -0.900. The first kappa shape index (κ1) is 13.9. The van der Waals surface area contributed by atoms with Crippen LogP contribution >= 0.6 is 0 Å². The van der Waals surface area contributed by atoms with Gasteiger partial charge in [-0.3, -0.25) is 0 Å². The number of benzene rings is 1. The van der Waals surface area contributed by atoms with E-state index in [0.29, 0.717) is 30.5 Å². The normalized spacial score (nSPS) is 15.6. The zero-order valence-electron chi connectivity index (χ0n) is 11.3. The molecule has 2 N–H and O–H groups in total. The molecule has 0 unspecified atom stereocenters. The summed E-state index contributed by atoms with van der Waals surface area (Å²) in [5.41, 5.74) is 1.93. The van der Waals surface area contributed by atoms with Gasteiger partial charge in [0.25, 0.3) is 0 Å². The number of hydrogen-bond donors (Lipinski definition) is 2. The lowest BCUT2D eigenvalue weighted by Crippen LogP contribution is -2.16. The van der Waals surface area contributed by atoms with Gasteiger partial charge in [-0.1, -0.05) is 24.5 Å². The average Bonchev–Trinajstić information content (AvgIpc) is 2.89. The van der Waals surface area contributed by atoms with Crippen LogP contribution in [0.4, 0.5) is 5.69 Å². The molecule has 0 saturated heterocycles. The highest BCUT2D eigenvalue weighted by Gasteiger charge is 2.15. The molecule has 1 aromatic rings. The fraction of sp³-hybridized carbons (Fsp3) is 0.533. The molecule has 0 aliphatic heterocycles. The van der Waals surface area contributed by atoms with Gasteiger partial charge in [-0.25, -0.2) is 4.79 Å². The van der Waals surface area contributed by atoms with Crippen LogP contribution < -0.4 is 5.32 Å². The fourth-order valence-electron chi connectivity index (χ4n) is 2.46. The molecule has 0 amide bonds. The van der Waals surface area contributed by atoms with Gasteiger partial charge in [-0.2, -0.15) is 0 Å². The number of rotatable bonds is 6. The van der Waals surface area contributed by atoms with E-state index in [2.05, 4.69) is 5.32 Å². The van der Waals surface area contributed by atoms with E-state index in [9.17, 15) is 4.79 Å². The van der Waals surface area contributed by atoms with Crippen molar-refractivity contribution >= 4 is 11.7 Å². The van der Waals surface area contributed by atoms with Crippen molar-refractivity contribution in [3.05, 3.63) is 29.3 Å². The summed E-state index contributed by atoms with van der Waals surface area (Å²) in [7, 11) is 0. The summed E-state index contributed by atoms with van der Waals surface area (Å²) in [5, 5.41) is 12.3. The summed E-state index contributed by atoms with van der Waals surface area (Å²) in [4.78, 5) is 11.1. The minimum Gasteiger partial charge on any atom is -0.478 e. The molecule has 1 aromatic carbocycles. The standard InChI is InChI=1S/C15H21NO3/c1-11-6-7-14(13(10-11)15(17)18)16-8-9-19-12-4-2-3-5-12/h6-7,10,12,16H,2-5,8-9H2,1H3,(H,17,18). The van der Waals surface area contributed by atoms with Crippen molar-refractivity contribution in [3.8, 4) is 0 Å². The summed E-state index contributed by atoms with van der Waals surface area (Å²) >= 11 is 0. The number of aryl methyl sites for hydroxylation is 1. The molecule has 0 radical (unpaired) electrons. The minimum absolute atomic E-state index is 0.320. The number of aromatic carboxylic acids is 1. The smallest absolute Gasteiger partial charge is 0.337 e. The zero-order chi connectivity index (χ0) is 13.7. The lowest BCUT2D eigenvalue weighted by Gasteiger charge is -2.13. The van der Waals surface area contributed by atoms with E-state index in [1.807, 2.05) is 19.1 Å². The third-order valence-corrected chi connectivity index (χ3v) is 3.48. The molecular formula is C15H21NO3. The van der Waals surface area contributed by atoms with E-state index in [1.165, 1.54) is 12.8 Å². The maximum atomic E-state index is 11.1. The molecule has 0 spiro atoms. The van der Waals surface area contributed by atoms with Crippen molar-refractivity contribution in [2.75, 3.05) is 18.5 Å². The van der Waals surface area contributed by atoms with Crippen molar-refractivity contribution in [3.63, 3.8) is 0 Å². The first-order valence-corrected chi connectivity index (χ1v) is 6.86. The molecule has 1 aliphatic rings. The maximum Gasteiger partial charge on any atom is 0.337 e. The molecule has 0 aromatic heterocycles. The summed E-state index contributed by atoms with van der Waals surface area (Å²) < 4.78 is 5.74. The quantitative estimate of drug-likeness (QED) is 0.774. The Labute approximate surface area is 113 Å². The Hall–Kier alpha value is -1.55. The molecule has 2 rings (SSSR count). The molecule has 1 aliphatic carbocycles. The molecular weight excluding hydrogens is 242 g/mol. The van der Waals surface area contributed by atoms with Crippen molar-refractivity contribution in [1.82, 2.24) is 0 Å². The van der Waals surface area contributed by atoms with Crippen LogP contribution in [0.3, 0.4) is 0 Å². The molecule has 1 fully saturated rings. The van der Waals surface area contributed by atoms with Crippen molar-refractivity contribution in [1.29, 1.82) is 0 Å². The van der Waals surface area contributed by atoms with Gasteiger partial charge in [0.2, 0.25) is 0 Å². The highest BCUT2D eigenvalue weighted by Crippen LogP contribution is 2.21. The lowest BCUT2D eigenvalue weighted by molar-refractivity contribution is 0.0656. The molecule has 19 heavy (non-hydrogen) atoms. The topological polar surface area (TPSA) is 58.6 Å². The van der Waals surface area contributed by atoms with Crippen molar-refractivity contribution in [2.45, 2.75) is 38.7 Å². The van der Waals surface area contributed by atoms with E-state index in [1.54, 1.807) is 6.07 Å². The van der Waals surface area contributed by atoms with Gasteiger partial charge in [-0.15, -0.1) is 0 Å². The van der Waals surface area contributed by atoms with Gasteiger partial charge >= 0.3 is 5.97 Å². The SMILES string of the molecule is Cc1ccc(NCCOC2CCCC2)c(C(=O)O)c1. The van der Waals surface area contributed by atoms with Crippen LogP contribution in [-0.2, 0) is 4.74 Å². The van der Waals surface area contributed by atoms with Crippen molar-refractivity contribution < 1.29 is 14.6 Å². The average molecular weight is 263 g/mol. The Morgan fingerprint density at radius 1 is 1.42 bits per heavy atom. The van der Waals surface area contributed by atoms with Gasteiger partial charge in [0.15, 0.2) is 0 Å². The number of nitrogens with one attached hydrogen (secondary N) is 1. The third kappa shape index (κ3) is 3.96. The highest BCUT2D eigenvalue weighted by atomic mass is 16.5. The minimum atomic E-state index is -0.900. The molecule has 0 bridgehead atoms. The van der Waals surface area contributed by atoms with E-state index in [4.69, 9.17) is 9.84 Å². The second-order valence-electron chi connectivity index (χ2n) is 5.06. The van der Waals surface area contributed by atoms with Gasteiger partial charge in [0.05, 0.1) is 18.3 Å². The second-order valence-corrected chi connectivity index (χ2v) is 5.06. The highest BCUT2D eigenvalue weighted by molar-refractivity contribution is 5.94. The van der Waals surface area contributed by atoms with Crippen LogP contribution in [0.2, 0.25) is 0 Å². The van der Waals surface area contributed by atoms with Crippen molar-refractivity contribution in [2.24, 2.45) is 0 Å². The first-order valence-electron chi connectivity index (χ1n) is 6.86. The number of carboxylic acids is 1. The number of carboxylic acid groups (broad SMARTS) is 1. The second kappa shape index (κ2) is 6.57. The van der Waals surface area contributed by atoms with Gasteiger partial charge in [-0.05, 0) is 31.9 Å². The van der Waals surface area contributed by atoms with Crippen LogP contribution in [-0.4, -0.2) is 30.3 Å². The predicted molar refractivity (Wildman–Crippen MR) is 74.8 cm³/mol. The van der Waals surface area contributed by atoms with E-state index in [-0.39, 0.29) is 0 Å². The van der Waals surface area contributed by atoms with Crippen LogP contribution in [0.15, 0.2) is 18.2 Å². The fourth-order valence-corrected chi connectivity index (χ4v) is 2.46. The zero-order valence-corrected chi connectivity index (χ0v) is 11.3. The van der Waals surface area contributed by atoms with Crippen LogP contribution in [0.5, 0.6) is 0 Å². The summed E-state index contributed by atoms with van der Waals surface area (Å²) in [6.07, 6.45) is 5.24. The molecule has 104 valence electrons. The number of carbonyl (C=O) groups is 1. The monoisotopic (exact) mass is 263 g/mol.